The van der Waals surface area contributed by atoms with Crippen molar-refractivity contribution in [1.29, 1.82) is 0 Å². The van der Waals surface area contributed by atoms with Crippen LogP contribution in [0.2, 0.25) is 0 Å². The largest absolute Gasteiger partial charge is 0.138 e. The second-order valence-corrected chi connectivity index (χ2v) is 5.56. The van der Waals surface area contributed by atoms with E-state index in [9.17, 15) is 0 Å². The fourth-order valence-corrected chi connectivity index (χ4v) is 2.81. The third-order valence-corrected chi connectivity index (χ3v) is 3.65. The van der Waals surface area contributed by atoms with E-state index in [-0.39, 0.29) is 0 Å². The van der Waals surface area contributed by atoms with Crippen LogP contribution >= 0.6 is 18.5 Å². The van der Waals surface area contributed by atoms with Crippen LogP contribution in [0.3, 0.4) is 0 Å². The van der Waals surface area contributed by atoms with Crippen LogP contribution in [-0.2, 0) is 0 Å². The normalized spacial score (nSPS) is 12.0. The lowest BCUT2D eigenvalue weighted by Crippen LogP contribution is -2.20. The summed E-state index contributed by atoms with van der Waals surface area (Å²) in [6, 6.07) is 0. The molecule has 0 spiro atoms. The van der Waals surface area contributed by atoms with Crippen LogP contribution in [0.25, 0.3) is 0 Å². The fraction of sp³-hybridized carbons (Fsp3) is 1.00. The first-order chi connectivity index (χ1) is 5.68. The second-order valence-electron chi connectivity index (χ2n) is 3.75. The minimum Gasteiger partial charge on any atom is -0.138 e. The maximum Gasteiger partial charge on any atom is -0.0150 e. The molecule has 2 heteroatoms. The molecule has 0 aromatic heterocycles. The molecule has 0 aliphatic heterocycles. The first-order valence-corrected chi connectivity index (χ1v) is 6.57. The number of hydrogen-bond donors (Lipinski definition) is 0. The maximum atomic E-state index is 3.10. The van der Waals surface area contributed by atoms with Crippen molar-refractivity contribution in [3.05, 3.63) is 0 Å². The molecule has 0 bridgehead atoms. The zero-order chi connectivity index (χ0) is 9.45. The molecular formula is C10H24P2. The second kappa shape index (κ2) is 7.28. The van der Waals surface area contributed by atoms with Crippen LogP contribution in [0, 0.1) is 0 Å². The Labute approximate surface area is 82.7 Å². The Morgan fingerprint density at radius 2 is 1.50 bits per heavy atom. The highest BCUT2D eigenvalue weighted by atomic mass is 31.0. The van der Waals surface area contributed by atoms with Crippen LogP contribution in [-0.4, -0.2) is 11.3 Å². The lowest BCUT2D eigenvalue weighted by atomic mass is 9.92. The van der Waals surface area contributed by atoms with Crippen molar-refractivity contribution < 1.29 is 0 Å². The maximum absolute atomic E-state index is 3.10. The van der Waals surface area contributed by atoms with E-state index in [1.807, 2.05) is 0 Å². The molecule has 0 N–H and O–H groups in total. The first-order valence-electron chi connectivity index (χ1n) is 5.17. The molecule has 0 heterocycles. The SMILES string of the molecule is CCCC(P)(CCC)CCCP. The molecule has 0 saturated carbocycles. The van der Waals surface area contributed by atoms with Gasteiger partial charge in [-0.25, -0.2) is 0 Å². The Bertz CT molecular complexity index is 96.0. The Morgan fingerprint density at radius 1 is 1.00 bits per heavy atom. The highest BCUT2D eigenvalue weighted by Crippen LogP contribution is 2.34. The van der Waals surface area contributed by atoms with Gasteiger partial charge in [-0.1, -0.05) is 26.7 Å². The minimum atomic E-state index is 0.556. The van der Waals surface area contributed by atoms with Gasteiger partial charge in [0.25, 0.3) is 0 Å². The predicted octanol–water partition coefficient (Wildman–Crippen LogP) is 3.86. The van der Waals surface area contributed by atoms with E-state index in [0.29, 0.717) is 5.16 Å². The molecule has 0 amide bonds. The molecule has 0 nitrogen and oxygen atoms in total. The van der Waals surface area contributed by atoms with Crippen molar-refractivity contribution in [1.82, 2.24) is 0 Å². The third-order valence-electron chi connectivity index (χ3n) is 2.37. The van der Waals surface area contributed by atoms with Gasteiger partial charge in [0.15, 0.2) is 0 Å². The van der Waals surface area contributed by atoms with Crippen LogP contribution in [0.1, 0.15) is 52.4 Å². The van der Waals surface area contributed by atoms with E-state index in [2.05, 4.69) is 32.3 Å². The Kier molecular flexibility index (Phi) is 7.80. The quantitative estimate of drug-likeness (QED) is 0.555. The zero-order valence-corrected chi connectivity index (χ0v) is 10.9. The standard InChI is InChI=1S/C10H24P2/c1-3-6-10(12,7-4-2)8-5-9-11/h3-9,11-12H2,1-2H3. The average molecular weight is 206 g/mol. The Morgan fingerprint density at radius 3 is 1.83 bits per heavy atom. The van der Waals surface area contributed by atoms with Gasteiger partial charge in [-0.3, -0.25) is 0 Å². The summed E-state index contributed by atoms with van der Waals surface area (Å²) >= 11 is 0. The Hall–Kier alpha value is 0.860. The average Bonchev–Trinajstić information content (AvgIpc) is 2.02. The summed E-state index contributed by atoms with van der Waals surface area (Å²) in [6.45, 7) is 4.57. The fourth-order valence-electron chi connectivity index (χ4n) is 1.82. The van der Waals surface area contributed by atoms with Crippen LogP contribution in [0.4, 0.5) is 0 Å². The van der Waals surface area contributed by atoms with Crippen molar-refractivity contribution in [3.63, 3.8) is 0 Å². The molecule has 0 aromatic rings. The van der Waals surface area contributed by atoms with E-state index in [1.165, 1.54) is 44.7 Å². The van der Waals surface area contributed by atoms with Crippen LogP contribution in [0.15, 0.2) is 0 Å². The summed E-state index contributed by atoms with van der Waals surface area (Å²) in [5.41, 5.74) is 0. The summed E-state index contributed by atoms with van der Waals surface area (Å²) in [7, 11) is 5.92. The molecule has 0 radical (unpaired) electrons. The van der Waals surface area contributed by atoms with E-state index in [4.69, 9.17) is 0 Å². The minimum absolute atomic E-state index is 0.556. The van der Waals surface area contributed by atoms with Crippen LogP contribution < -0.4 is 0 Å². The van der Waals surface area contributed by atoms with E-state index < -0.39 is 0 Å². The molecule has 2 unspecified atom stereocenters. The molecule has 0 rings (SSSR count). The number of hydrogen-bond acceptors (Lipinski definition) is 0. The summed E-state index contributed by atoms with van der Waals surface area (Å²) in [5.74, 6) is 0. The van der Waals surface area contributed by atoms with Gasteiger partial charge in [0, 0.05) is 0 Å². The summed E-state index contributed by atoms with van der Waals surface area (Å²) < 4.78 is 0. The molecular weight excluding hydrogens is 182 g/mol. The first kappa shape index (κ1) is 12.9. The summed E-state index contributed by atoms with van der Waals surface area (Å²) in [6.07, 6.45) is 9.37. The smallest absolute Gasteiger partial charge is 0.0150 e. The number of rotatable bonds is 7. The predicted molar refractivity (Wildman–Crippen MR) is 66.1 cm³/mol. The topological polar surface area (TPSA) is 0 Å². The van der Waals surface area contributed by atoms with Gasteiger partial charge >= 0.3 is 0 Å². The molecule has 0 aliphatic carbocycles. The molecule has 0 saturated heterocycles. The van der Waals surface area contributed by atoms with Gasteiger partial charge in [0.05, 0.1) is 0 Å². The summed E-state index contributed by atoms with van der Waals surface area (Å²) in [4.78, 5) is 0. The molecule has 0 aliphatic rings. The lowest BCUT2D eigenvalue weighted by Gasteiger charge is -2.28. The monoisotopic (exact) mass is 206 g/mol. The third kappa shape index (κ3) is 5.50. The molecule has 0 fully saturated rings. The lowest BCUT2D eigenvalue weighted by molar-refractivity contribution is 0.454. The zero-order valence-electron chi connectivity index (χ0n) is 8.60. The van der Waals surface area contributed by atoms with Gasteiger partial charge in [0.1, 0.15) is 0 Å². The highest BCUT2D eigenvalue weighted by Gasteiger charge is 2.21. The van der Waals surface area contributed by atoms with E-state index in [0.717, 1.165) is 0 Å². The van der Waals surface area contributed by atoms with Crippen molar-refractivity contribution in [2.45, 2.75) is 57.5 Å². The van der Waals surface area contributed by atoms with E-state index in [1.54, 1.807) is 0 Å². The van der Waals surface area contributed by atoms with Crippen molar-refractivity contribution in [2.75, 3.05) is 6.16 Å². The van der Waals surface area contributed by atoms with Crippen molar-refractivity contribution in [3.8, 4) is 0 Å². The van der Waals surface area contributed by atoms with Crippen LogP contribution in [0.5, 0.6) is 0 Å². The van der Waals surface area contributed by atoms with Crippen molar-refractivity contribution >= 4 is 18.5 Å². The Balaban J connectivity index is 3.80. The highest BCUT2D eigenvalue weighted by molar-refractivity contribution is 7.19. The molecule has 0 aromatic carbocycles. The molecule has 2 atom stereocenters. The molecule has 74 valence electrons. The van der Waals surface area contributed by atoms with Gasteiger partial charge in [-0.05, 0) is 37.0 Å². The van der Waals surface area contributed by atoms with Crippen molar-refractivity contribution in [2.24, 2.45) is 0 Å². The summed E-state index contributed by atoms with van der Waals surface area (Å²) in [5, 5.41) is 0.556. The van der Waals surface area contributed by atoms with Gasteiger partial charge < -0.3 is 0 Å². The van der Waals surface area contributed by atoms with Gasteiger partial charge in [-0.15, -0.1) is 18.5 Å². The van der Waals surface area contributed by atoms with Gasteiger partial charge in [0.2, 0.25) is 0 Å². The van der Waals surface area contributed by atoms with Gasteiger partial charge in [-0.2, -0.15) is 0 Å². The molecule has 12 heavy (non-hydrogen) atoms. The van der Waals surface area contributed by atoms with E-state index >= 15 is 0 Å².